The van der Waals surface area contributed by atoms with Crippen LogP contribution < -0.4 is 4.74 Å². The van der Waals surface area contributed by atoms with E-state index in [-0.39, 0.29) is 5.91 Å². The number of aromatic nitrogens is 3. The highest BCUT2D eigenvalue weighted by Gasteiger charge is 2.31. The number of methoxy groups -OCH3 is 1. The number of amides is 1. The highest BCUT2D eigenvalue weighted by atomic mass is 16.5. The molecule has 0 spiro atoms. The average molecular weight is 392 g/mol. The lowest BCUT2D eigenvalue weighted by atomic mass is 10.0. The topological polar surface area (TPSA) is 73.4 Å². The predicted octanol–water partition coefficient (Wildman–Crippen LogP) is 3.08. The van der Waals surface area contributed by atoms with Crippen LogP contribution in [0.15, 0.2) is 41.3 Å². The highest BCUT2D eigenvalue weighted by Crippen LogP contribution is 2.34. The summed E-state index contributed by atoms with van der Waals surface area (Å²) in [5, 5.41) is 4.85. The van der Waals surface area contributed by atoms with Gasteiger partial charge in [0.25, 0.3) is 0 Å². The Morgan fingerprint density at radius 2 is 2.10 bits per heavy atom. The molecule has 0 unspecified atom stereocenters. The van der Waals surface area contributed by atoms with Crippen LogP contribution in [0.5, 0.6) is 5.75 Å². The summed E-state index contributed by atoms with van der Waals surface area (Å²) in [4.78, 5) is 19.2. The van der Waals surface area contributed by atoms with Gasteiger partial charge in [0.2, 0.25) is 5.91 Å². The van der Waals surface area contributed by atoms with Crippen molar-refractivity contribution in [3.8, 4) is 17.1 Å². The van der Waals surface area contributed by atoms with Gasteiger partial charge in [-0.3, -0.25) is 9.48 Å². The molecule has 29 heavy (non-hydrogen) atoms. The number of hydrogen-bond acceptors (Lipinski definition) is 5. The van der Waals surface area contributed by atoms with E-state index in [2.05, 4.69) is 9.67 Å². The Morgan fingerprint density at radius 3 is 2.79 bits per heavy atom. The molecular formula is C22H24N4O3. The van der Waals surface area contributed by atoms with E-state index in [1.807, 2.05) is 29.2 Å². The molecule has 7 nitrogen and oxygen atoms in total. The van der Waals surface area contributed by atoms with Crippen LogP contribution in [0.1, 0.15) is 29.7 Å². The minimum Gasteiger partial charge on any atom is -0.497 e. The lowest BCUT2D eigenvalue weighted by Crippen LogP contribution is -2.37. The monoisotopic (exact) mass is 392 g/mol. The van der Waals surface area contributed by atoms with E-state index in [1.165, 1.54) is 24.9 Å². The lowest BCUT2D eigenvalue weighted by molar-refractivity contribution is -0.131. The Bertz CT molecular complexity index is 1000. The van der Waals surface area contributed by atoms with Crippen molar-refractivity contribution in [3.63, 3.8) is 0 Å². The summed E-state index contributed by atoms with van der Waals surface area (Å²) >= 11 is 0. The molecule has 1 saturated carbocycles. The fourth-order valence-corrected chi connectivity index (χ4v) is 3.96. The van der Waals surface area contributed by atoms with Gasteiger partial charge in [-0.25, -0.2) is 4.98 Å². The molecule has 0 radical (unpaired) electrons. The van der Waals surface area contributed by atoms with Gasteiger partial charge in [-0.1, -0.05) is 12.1 Å². The molecule has 0 bridgehead atoms. The quantitative estimate of drug-likeness (QED) is 0.645. The zero-order chi connectivity index (χ0) is 19.8. The average Bonchev–Trinajstić information content (AvgIpc) is 3.26. The first-order valence-corrected chi connectivity index (χ1v) is 10.1. The van der Waals surface area contributed by atoms with E-state index in [1.54, 1.807) is 13.4 Å². The third-order valence-corrected chi connectivity index (χ3v) is 5.80. The second-order valence-electron chi connectivity index (χ2n) is 7.86. The van der Waals surface area contributed by atoms with Crippen LogP contribution in [0, 0.1) is 5.92 Å². The summed E-state index contributed by atoms with van der Waals surface area (Å²) in [6.45, 7) is 2.24. The summed E-state index contributed by atoms with van der Waals surface area (Å²) in [7, 11) is 1.64. The molecular weight excluding hydrogens is 368 g/mol. The molecule has 1 aliphatic carbocycles. The van der Waals surface area contributed by atoms with Crippen LogP contribution in [-0.4, -0.2) is 39.2 Å². The molecule has 0 saturated heterocycles. The maximum Gasteiger partial charge on any atom is 0.227 e. The summed E-state index contributed by atoms with van der Waals surface area (Å²) in [5.74, 6) is 1.66. The van der Waals surface area contributed by atoms with Crippen molar-refractivity contribution in [2.45, 2.75) is 38.8 Å². The molecule has 3 heterocycles. The molecule has 3 aromatic rings. The van der Waals surface area contributed by atoms with E-state index < -0.39 is 0 Å². The Hall–Kier alpha value is -3.09. The molecule has 1 aromatic carbocycles. The number of ether oxygens (including phenoxy) is 1. The van der Waals surface area contributed by atoms with Gasteiger partial charge in [-0.05, 0) is 36.5 Å². The number of nitrogens with zero attached hydrogens (tertiary/aromatic N) is 4. The maximum atomic E-state index is 13.0. The molecule has 5 rings (SSSR count). The van der Waals surface area contributed by atoms with Gasteiger partial charge in [0.05, 0.1) is 13.5 Å². The molecule has 2 aromatic heterocycles. The molecule has 1 aliphatic heterocycles. The first kappa shape index (κ1) is 18.0. The van der Waals surface area contributed by atoms with E-state index in [9.17, 15) is 4.79 Å². The molecule has 7 heteroatoms. The van der Waals surface area contributed by atoms with Crippen molar-refractivity contribution in [1.29, 1.82) is 0 Å². The summed E-state index contributed by atoms with van der Waals surface area (Å²) in [6.07, 6.45) is 6.82. The smallest absolute Gasteiger partial charge is 0.227 e. The Morgan fingerprint density at radius 1 is 1.28 bits per heavy atom. The number of fused-ring (bicyclic) bond motifs is 1. The van der Waals surface area contributed by atoms with Crippen molar-refractivity contribution < 1.29 is 13.9 Å². The normalized spacial score (nSPS) is 16.0. The van der Waals surface area contributed by atoms with Crippen molar-refractivity contribution in [3.05, 3.63) is 53.7 Å². The maximum absolute atomic E-state index is 13.0. The first-order valence-electron chi connectivity index (χ1n) is 10.1. The van der Waals surface area contributed by atoms with Crippen LogP contribution in [0.3, 0.4) is 0 Å². The second kappa shape index (κ2) is 7.39. The van der Waals surface area contributed by atoms with Gasteiger partial charge in [-0.2, -0.15) is 5.10 Å². The number of carbonyl (C=O) groups excluding carboxylic acids is 1. The van der Waals surface area contributed by atoms with Crippen molar-refractivity contribution >= 4 is 5.91 Å². The third kappa shape index (κ3) is 3.64. The number of hydrogen-bond donors (Lipinski definition) is 0. The Labute approximate surface area is 169 Å². The fraction of sp³-hybridized carbons (Fsp3) is 0.409. The van der Waals surface area contributed by atoms with Crippen molar-refractivity contribution in [2.24, 2.45) is 5.92 Å². The molecule has 0 N–H and O–H groups in total. The highest BCUT2D eigenvalue weighted by molar-refractivity contribution is 5.79. The first-order chi connectivity index (χ1) is 14.2. The SMILES string of the molecule is COc1ccc(CC(=O)N2CCc3c(c(-c4cocn4)nn3CC3CC3)C2)cc1. The van der Waals surface area contributed by atoms with E-state index in [0.717, 1.165) is 53.7 Å². The zero-order valence-corrected chi connectivity index (χ0v) is 16.5. The third-order valence-electron chi connectivity index (χ3n) is 5.80. The molecule has 1 fully saturated rings. The van der Waals surface area contributed by atoms with Crippen molar-refractivity contribution in [1.82, 2.24) is 19.7 Å². The molecule has 2 aliphatic rings. The Kier molecular flexibility index (Phi) is 4.58. The summed E-state index contributed by atoms with van der Waals surface area (Å²) in [5.41, 5.74) is 4.91. The second-order valence-corrected chi connectivity index (χ2v) is 7.86. The van der Waals surface area contributed by atoms with Gasteiger partial charge in [0.15, 0.2) is 6.39 Å². The van der Waals surface area contributed by atoms with Gasteiger partial charge in [-0.15, -0.1) is 0 Å². The molecule has 150 valence electrons. The summed E-state index contributed by atoms with van der Waals surface area (Å²) < 4.78 is 12.5. The van der Waals surface area contributed by atoms with Gasteiger partial charge in [0, 0.05) is 37.3 Å². The zero-order valence-electron chi connectivity index (χ0n) is 16.5. The van der Waals surface area contributed by atoms with Gasteiger partial charge >= 0.3 is 0 Å². The van der Waals surface area contributed by atoms with Crippen LogP contribution in [0.25, 0.3) is 11.4 Å². The fourth-order valence-electron chi connectivity index (χ4n) is 3.96. The van der Waals surface area contributed by atoms with Crippen molar-refractivity contribution in [2.75, 3.05) is 13.7 Å². The lowest BCUT2D eigenvalue weighted by Gasteiger charge is -2.28. The standard InChI is InChI=1S/C22H24N4O3/c1-28-17-6-4-15(5-7-17)10-21(27)25-9-8-20-18(12-25)22(19-13-29-14-23-19)24-26(20)11-16-2-3-16/h4-7,13-14,16H,2-3,8-12H2,1H3. The minimum absolute atomic E-state index is 0.127. The largest absolute Gasteiger partial charge is 0.497 e. The van der Waals surface area contributed by atoms with Crippen LogP contribution in [0.2, 0.25) is 0 Å². The number of carbonyl (C=O) groups is 1. The number of benzene rings is 1. The van der Waals surface area contributed by atoms with Crippen LogP contribution in [-0.2, 0) is 30.7 Å². The van der Waals surface area contributed by atoms with Gasteiger partial charge < -0.3 is 14.1 Å². The van der Waals surface area contributed by atoms with Gasteiger partial charge in [0.1, 0.15) is 23.4 Å². The van der Waals surface area contributed by atoms with E-state index >= 15 is 0 Å². The summed E-state index contributed by atoms with van der Waals surface area (Å²) in [6, 6.07) is 7.67. The van der Waals surface area contributed by atoms with E-state index in [4.69, 9.17) is 14.3 Å². The Balaban J connectivity index is 1.37. The minimum atomic E-state index is 0.127. The number of rotatable bonds is 6. The predicted molar refractivity (Wildman–Crippen MR) is 106 cm³/mol. The van der Waals surface area contributed by atoms with Crippen LogP contribution in [0.4, 0.5) is 0 Å². The molecule has 0 atom stereocenters. The number of oxazole rings is 1. The van der Waals surface area contributed by atoms with E-state index in [0.29, 0.717) is 13.0 Å². The van der Waals surface area contributed by atoms with Crippen LogP contribution >= 0.6 is 0 Å². The molecule has 1 amide bonds.